The first-order valence-corrected chi connectivity index (χ1v) is 15.5. The van der Waals surface area contributed by atoms with Gasteiger partial charge in [-0.2, -0.15) is 9.36 Å². The van der Waals surface area contributed by atoms with Gasteiger partial charge in [-0.15, -0.1) is 0 Å². The molecular formula is C32H37N5O4S. The average Bonchev–Trinajstić information content (AvgIpc) is 3.76. The fourth-order valence-electron chi connectivity index (χ4n) is 6.44. The van der Waals surface area contributed by atoms with Crippen LogP contribution < -0.4 is 9.80 Å². The van der Waals surface area contributed by atoms with E-state index in [-0.39, 0.29) is 24.2 Å². The smallest absolute Gasteiger partial charge is 0.304 e. The summed E-state index contributed by atoms with van der Waals surface area (Å²) in [5.41, 5.74) is 2.30. The normalized spacial score (nSPS) is 23.3. The number of anilines is 2. The van der Waals surface area contributed by atoms with Crippen LogP contribution in [0.2, 0.25) is 0 Å². The number of aliphatic carboxylic acids is 1. The van der Waals surface area contributed by atoms with E-state index >= 15 is 0 Å². The third-order valence-electron chi connectivity index (χ3n) is 8.49. The fourth-order valence-corrected chi connectivity index (χ4v) is 7.14. The predicted molar refractivity (Wildman–Crippen MR) is 165 cm³/mol. The van der Waals surface area contributed by atoms with E-state index in [9.17, 15) is 19.5 Å². The Morgan fingerprint density at radius 3 is 2.60 bits per heavy atom. The lowest BCUT2D eigenvalue weighted by atomic mass is 9.75. The highest BCUT2D eigenvalue weighted by Gasteiger charge is 2.40. The Morgan fingerprint density at radius 2 is 1.95 bits per heavy atom. The molecule has 9 nitrogen and oxygen atoms in total. The zero-order valence-corrected chi connectivity index (χ0v) is 24.8. The SMILES string of the molecule is C=C/C(=C(\C=C/C)c1nsc(N2C/C=C\C[C@H](C3CCCC3)[C@H](CC(=O)O)C2=O)n1)c1ccc(N2CCCC2=O)nc1. The van der Waals surface area contributed by atoms with Gasteiger partial charge in [0.25, 0.3) is 0 Å². The van der Waals surface area contributed by atoms with Crippen molar-refractivity contribution in [3.8, 4) is 0 Å². The number of nitrogens with zero attached hydrogens (tertiary/aromatic N) is 5. The minimum absolute atomic E-state index is 0.000262. The first-order chi connectivity index (χ1) is 20.4. The number of rotatable bonds is 9. The van der Waals surface area contributed by atoms with E-state index in [1.807, 2.05) is 37.3 Å². The fraction of sp³-hybridized carbons (Fsp3) is 0.438. The largest absolute Gasteiger partial charge is 0.481 e. The molecule has 2 aliphatic heterocycles. The maximum Gasteiger partial charge on any atom is 0.304 e. The van der Waals surface area contributed by atoms with Crippen LogP contribution >= 0.6 is 11.5 Å². The number of carbonyl (C=O) groups excluding carboxylic acids is 2. The first-order valence-electron chi connectivity index (χ1n) is 14.7. The molecule has 220 valence electrons. The molecule has 10 heteroatoms. The molecule has 1 saturated carbocycles. The minimum atomic E-state index is -0.957. The standard InChI is InChI=1S/C32H37N5O4S/c1-3-10-25(23(4-2)22-15-16-27(33-20-22)36-18-9-14-28(36)38)30-34-32(42-35-30)37-17-8-7-13-24(21-11-5-6-12-21)26(31(37)41)19-29(39)40/h3-4,7-8,10,15-16,20-21,24,26H,2,5-6,9,11-14,17-19H2,1H3,(H,39,40)/b8-7-,10-3-,25-23-/t24-,26+/m1/s1. The van der Waals surface area contributed by atoms with Gasteiger partial charge in [0, 0.05) is 48.4 Å². The van der Waals surface area contributed by atoms with Gasteiger partial charge in [-0.1, -0.05) is 62.6 Å². The maximum atomic E-state index is 14.0. The molecule has 42 heavy (non-hydrogen) atoms. The van der Waals surface area contributed by atoms with Gasteiger partial charge in [0.2, 0.25) is 16.9 Å². The van der Waals surface area contributed by atoms with E-state index < -0.39 is 11.9 Å². The summed E-state index contributed by atoms with van der Waals surface area (Å²) >= 11 is 1.13. The van der Waals surface area contributed by atoms with E-state index in [0.29, 0.717) is 42.2 Å². The van der Waals surface area contributed by atoms with Crippen molar-refractivity contribution in [2.75, 3.05) is 22.9 Å². The molecule has 2 aromatic heterocycles. The molecule has 1 aliphatic carbocycles. The second-order valence-electron chi connectivity index (χ2n) is 11.1. The Balaban J connectivity index is 1.46. The van der Waals surface area contributed by atoms with Crippen LogP contribution in [0.15, 0.2) is 55.3 Å². The van der Waals surface area contributed by atoms with Crippen molar-refractivity contribution >= 4 is 51.4 Å². The maximum absolute atomic E-state index is 14.0. The number of carbonyl (C=O) groups is 3. The van der Waals surface area contributed by atoms with Crippen molar-refractivity contribution in [1.82, 2.24) is 14.3 Å². The van der Waals surface area contributed by atoms with Gasteiger partial charge in [-0.05, 0) is 49.3 Å². The van der Waals surface area contributed by atoms with Gasteiger partial charge < -0.3 is 5.11 Å². The van der Waals surface area contributed by atoms with Crippen LogP contribution in [0.25, 0.3) is 11.1 Å². The molecule has 2 atom stereocenters. The molecule has 2 aromatic rings. The molecule has 0 radical (unpaired) electrons. The van der Waals surface area contributed by atoms with Gasteiger partial charge in [0.1, 0.15) is 5.82 Å². The second kappa shape index (κ2) is 13.4. The van der Waals surface area contributed by atoms with Crippen LogP contribution in [0.5, 0.6) is 0 Å². The minimum Gasteiger partial charge on any atom is -0.481 e. The quantitative estimate of drug-likeness (QED) is 0.286. The molecule has 1 N–H and O–H groups in total. The lowest BCUT2D eigenvalue weighted by Crippen LogP contribution is -2.43. The van der Waals surface area contributed by atoms with E-state index in [2.05, 4.69) is 22.0 Å². The molecule has 0 spiro atoms. The highest BCUT2D eigenvalue weighted by molar-refractivity contribution is 7.10. The second-order valence-corrected chi connectivity index (χ2v) is 11.8. The molecule has 4 heterocycles. The van der Waals surface area contributed by atoms with Crippen molar-refractivity contribution in [1.29, 1.82) is 0 Å². The zero-order chi connectivity index (χ0) is 29.6. The lowest BCUT2D eigenvalue weighted by Gasteiger charge is -2.34. The van der Waals surface area contributed by atoms with Crippen molar-refractivity contribution in [2.24, 2.45) is 17.8 Å². The van der Waals surface area contributed by atoms with Gasteiger partial charge in [0.05, 0.1) is 12.3 Å². The van der Waals surface area contributed by atoms with Gasteiger partial charge in [-0.3, -0.25) is 24.2 Å². The lowest BCUT2D eigenvalue weighted by molar-refractivity contribution is -0.142. The summed E-state index contributed by atoms with van der Waals surface area (Å²) in [5.74, 6) is -0.249. The van der Waals surface area contributed by atoms with Gasteiger partial charge >= 0.3 is 5.97 Å². The summed E-state index contributed by atoms with van der Waals surface area (Å²) in [6.07, 6.45) is 17.6. The molecule has 1 saturated heterocycles. The van der Waals surface area contributed by atoms with Crippen LogP contribution in [0.4, 0.5) is 10.9 Å². The third-order valence-corrected chi connectivity index (χ3v) is 9.23. The topological polar surface area (TPSA) is 117 Å². The molecule has 2 amide bonds. The Hall–Kier alpha value is -3.92. The van der Waals surface area contributed by atoms with Crippen LogP contribution in [-0.2, 0) is 14.4 Å². The third kappa shape index (κ3) is 6.28. The summed E-state index contributed by atoms with van der Waals surface area (Å²) < 4.78 is 4.63. The summed E-state index contributed by atoms with van der Waals surface area (Å²) in [5, 5.41) is 10.2. The van der Waals surface area contributed by atoms with Crippen LogP contribution in [0, 0.1) is 17.8 Å². The number of carboxylic acid groups (broad SMARTS) is 1. The van der Waals surface area contributed by atoms with E-state index in [4.69, 9.17) is 4.98 Å². The van der Waals surface area contributed by atoms with Crippen LogP contribution in [0.1, 0.15) is 69.7 Å². The number of allylic oxidation sites excluding steroid dienone is 6. The van der Waals surface area contributed by atoms with Crippen LogP contribution in [-0.4, -0.2) is 50.3 Å². The van der Waals surface area contributed by atoms with E-state index in [1.54, 1.807) is 22.1 Å². The summed E-state index contributed by atoms with van der Waals surface area (Å²) in [6, 6.07) is 3.75. The number of hydrogen-bond acceptors (Lipinski definition) is 7. The Labute approximate surface area is 250 Å². The number of amides is 2. The molecule has 0 aromatic carbocycles. The molecule has 2 fully saturated rings. The van der Waals surface area contributed by atoms with Crippen molar-refractivity contribution in [3.63, 3.8) is 0 Å². The van der Waals surface area contributed by atoms with E-state index in [0.717, 1.165) is 66.8 Å². The monoisotopic (exact) mass is 587 g/mol. The molecule has 5 rings (SSSR count). The highest BCUT2D eigenvalue weighted by Crippen LogP contribution is 2.41. The number of pyridine rings is 1. The zero-order valence-electron chi connectivity index (χ0n) is 23.9. The van der Waals surface area contributed by atoms with Crippen molar-refractivity contribution < 1.29 is 19.5 Å². The van der Waals surface area contributed by atoms with E-state index in [1.165, 1.54) is 0 Å². The van der Waals surface area contributed by atoms with Gasteiger partial charge in [0.15, 0.2) is 5.82 Å². The Morgan fingerprint density at radius 1 is 1.14 bits per heavy atom. The number of hydrogen-bond donors (Lipinski definition) is 1. The van der Waals surface area contributed by atoms with Gasteiger partial charge in [-0.25, -0.2) is 4.98 Å². The molecule has 0 bridgehead atoms. The Bertz CT molecular complexity index is 1420. The number of carboxylic acids is 1. The molecule has 0 unspecified atom stereocenters. The summed E-state index contributed by atoms with van der Waals surface area (Å²) in [7, 11) is 0. The predicted octanol–water partition coefficient (Wildman–Crippen LogP) is 5.92. The molecular weight excluding hydrogens is 550 g/mol. The van der Waals surface area contributed by atoms with Crippen molar-refractivity contribution in [3.05, 3.63) is 66.7 Å². The summed E-state index contributed by atoms with van der Waals surface area (Å²) in [6.45, 7) is 6.92. The summed E-state index contributed by atoms with van der Waals surface area (Å²) in [4.78, 5) is 50.6. The average molecular weight is 588 g/mol. The molecule has 3 aliphatic rings. The number of aromatic nitrogens is 3. The van der Waals surface area contributed by atoms with Crippen molar-refractivity contribution in [2.45, 2.75) is 58.3 Å². The van der Waals surface area contributed by atoms with Crippen LogP contribution in [0.3, 0.4) is 0 Å². The first kappa shape index (κ1) is 29.6. The highest BCUT2D eigenvalue weighted by atomic mass is 32.1. The Kier molecular flexibility index (Phi) is 9.41.